The Labute approximate surface area is 137 Å². The molecule has 0 aliphatic carbocycles. The molecule has 1 fully saturated rings. The molecule has 0 atom stereocenters. The highest BCUT2D eigenvalue weighted by atomic mass is 32.2. The molecule has 1 aliphatic heterocycles. The number of nitrogens with zero attached hydrogens (tertiary/aromatic N) is 1. The van der Waals surface area contributed by atoms with Gasteiger partial charge in [0.1, 0.15) is 12.3 Å². The van der Waals surface area contributed by atoms with Crippen LogP contribution in [0.15, 0.2) is 29.2 Å². The Morgan fingerprint density at radius 3 is 2.91 bits per heavy atom. The fraction of sp³-hybridized carbons (Fsp3) is 0.214. The van der Waals surface area contributed by atoms with Gasteiger partial charge in [-0.25, -0.2) is 10.4 Å². The van der Waals surface area contributed by atoms with E-state index in [2.05, 4.69) is 5.43 Å². The summed E-state index contributed by atoms with van der Waals surface area (Å²) in [7, 11) is 0. The van der Waals surface area contributed by atoms with E-state index in [9.17, 15) is 14.7 Å². The van der Waals surface area contributed by atoms with Gasteiger partial charge in [-0.1, -0.05) is 42.2 Å². The predicted molar refractivity (Wildman–Crippen MR) is 87.8 cm³/mol. The molecule has 0 bridgehead atoms. The van der Waals surface area contributed by atoms with Crippen molar-refractivity contribution < 1.29 is 19.4 Å². The number of hydrazine groups is 1. The quantitative estimate of drug-likeness (QED) is 0.480. The summed E-state index contributed by atoms with van der Waals surface area (Å²) in [5, 5.41) is 10.9. The number of ether oxygens (including phenoxy) is 1. The number of para-hydroxylation sites is 1. The lowest BCUT2D eigenvalue weighted by atomic mass is 10.2. The molecule has 116 valence electrons. The van der Waals surface area contributed by atoms with E-state index in [-0.39, 0.29) is 29.1 Å². The number of rotatable bonds is 5. The highest BCUT2D eigenvalue weighted by molar-refractivity contribution is 8.26. The van der Waals surface area contributed by atoms with Gasteiger partial charge in [0.05, 0.1) is 11.5 Å². The molecule has 2 N–H and O–H groups in total. The van der Waals surface area contributed by atoms with E-state index < -0.39 is 5.97 Å². The maximum absolute atomic E-state index is 12.3. The van der Waals surface area contributed by atoms with Crippen LogP contribution in [0.5, 0.6) is 5.75 Å². The van der Waals surface area contributed by atoms with Gasteiger partial charge in [0.2, 0.25) is 0 Å². The summed E-state index contributed by atoms with van der Waals surface area (Å²) in [6, 6.07) is 6.67. The van der Waals surface area contributed by atoms with E-state index in [1.807, 2.05) is 0 Å². The first-order valence-corrected chi connectivity index (χ1v) is 7.70. The van der Waals surface area contributed by atoms with Gasteiger partial charge in [0, 0.05) is 5.56 Å². The Bertz CT molecular complexity index is 645. The smallest absolute Gasteiger partial charge is 0.321 e. The van der Waals surface area contributed by atoms with Crippen molar-refractivity contribution in [3.05, 3.63) is 34.7 Å². The van der Waals surface area contributed by atoms with E-state index in [0.29, 0.717) is 10.5 Å². The van der Waals surface area contributed by atoms with Crippen molar-refractivity contribution in [3.63, 3.8) is 0 Å². The van der Waals surface area contributed by atoms with Crippen molar-refractivity contribution in [1.82, 2.24) is 10.4 Å². The number of thioether (sulfide) groups is 1. The van der Waals surface area contributed by atoms with Crippen LogP contribution in [-0.4, -0.2) is 39.5 Å². The van der Waals surface area contributed by atoms with Crippen LogP contribution in [-0.2, 0) is 14.3 Å². The Morgan fingerprint density at radius 2 is 2.23 bits per heavy atom. The third-order valence-electron chi connectivity index (χ3n) is 2.70. The van der Waals surface area contributed by atoms with Crippen LogP contribution in [0.1, 0.15) is 12.5 Å². The number of benzene rings is 1. The largest absolute Gasteiger partial charge is 0.507 e. The Hall–Kier alpha value is -1.90. The number of hydrogen-bond donors (Lipinski definition) is 2. The molecule has 1 aliphatic rings. The summed E-state index contributed by atoms with van der Waals surface area (Å²) in [6.45, 7) is 1.82. The first kappa shape index (κ1) is 16.5. The lowest BCUT2D eigenvalue weighted by Crippen LogP contribution is -2.44. The monoisotopic (exact) mass is 338 g/mol. The van der Waals surface area contributed by atoms with Gasteiger partial charge in [-0.3, -0.25) is 9.59 Å². The summed E-state index contributed by atoms with van der Waals surface area (Å²) in [5.41, 5.74) is 3.16. The van der Waals surface area contributed by atoms with Crippen molar-refractivity contribution in [3.8, 4) is 5.75 Å². The van der Waals surface area contributed by atoms with Crippen LogP contribution in [0.25, 0.3) is 6.08 Å². The number of hydrogen-bond acceptors (Lipinski definition) is 7. The third-order valence-corrected chi connectivity index (χ3v) is 4.01. The molecule has 0 unspecified atom stereocenters. The Kier molecular flexibility index (Phi) is 5.53. The highest BCUT2D eigenvalue weighted by Gasteiger charge is 2.32. The molecule has 8 heteroatoms. The van der Waals surface area contributed by atoms with Crippen LogP contribution in [0, 0.1) is 0 Å². The summed E-state index contributed by atoms with van der Waals surface area (Å²) in [5.74, 6) is -0.768. The van der Waals surface area contributed by atoms with Gasteiger partial charge in [-0.2, -0.15) is 0 Å². The topological polar surface area (TPSA) is 78.9 Å². The number of aromatic hydroxyl groups is 1. The zero-order chi connectivity index (χ0) is 16.1. The van der Waals surface area contributed by atoms with Crippen molar-refractivity contribution in [2.75, 3.05) is 13.2 Å². The van der Waals surface area contributed by atoms with Crippen LogP contribution < -0.4 is 5.43 Å². The molecule has 0 saturated carbocycles. The van der Waals surface area contributed by atoms with E-state index in [4.69, 9.17) is 17.0 Å². The van der Waals surface area contributed by atoms with E-state index in [1.165, 1.54) is 6.07 Å². The third kappa shape index (κ3) is 3.85. The van der Waals surface area contributed by atoms with Crippen LogP contribution >= 0.6 is 24.0 Å². The Balaban J connectivity index is 2.09. The lowest BCUT2D eigenvalue weighted by Gasteiger charge is -2.14. The molecule has 0 spiro atoms. The fourth-order valence-corrected chi connectivity index (χ4v) is 2.92. The zero-order valence-electron chi connectivity index (χ0n) is 11.7. The van der Waals surface area contributed by atoms with Crippen LogP contribution in [0.3, 0.4) is 0 Å². The Morgan fingerprint density at radius 1 is 1.50 bits per heavy atom. The molecule has 1 saturated heterocycles. The number of carbonyl (C=O) groups is 2. The van der Waals surface area contributed by atoms with Crippen molar-refractivity contribution in [2.45, 2.75) is 6.92 Å². The molecule has 6 nitrogen and oxygen atoms in total. The number of nitrogens with one attached hydrogen (secondary N) is 1. The highest BCUT2D eigenvalue weighted by Crippen LogP contribution is 2.32. The maximum Gasteiger partial charge on any atom is 0.321 e. The SMILES string of the molecule is CCOC(=O)CNN1C(=O)/C(=C\c2ccccc2O)SC1=S. The van der Waals surface area contributed by atoms with Gasteiger partial charge < -0.3 is 9.84 Å². The van der Waals surface area contributed by atoms with Crippen molar-refractivity contribution in [1.29, 1.82) is 0 Å². The molecule has 0 radical (unpaired) electrons. The molecule has 1 aromatic rings. The predicted octanol–water partition coefficient (Wildman–Crippen LogP) is 1.66. The second kappa shape index (κ2) is 7.39. The van der Waals surface area contributed by atoms with Crippen molar-refractivity contribution >= 4 is 46.3 Å². The van der Waals surface area contributed by atoms with E-state index in [0.717, 1.165) is 16.8 Å². The molecule has 22 heavy (non-hydrogen) atoms. The molecule has 1 heterocycles. The number of carbonyl (C=O) groups excluding carboxylic acids is 2. The van der Waals surface area contributed by atoms with Gasteiger partial charge in [0.25, 0.3) is 5.91 Å². The molecule has 1 amide bonds. The number of phenols is 1. The summed E-state index contributed by atoms with van der Waals surface area (Å²) in [6.07, 6.45) is 1.56. The summed E-state index contributed by atoms with van der Waals surface area (Å²) < 4.78 is 5.06. The minimum Gasteiger partial charge on any atom is -0.507 e. The number of thiocarbonyl (C=S) groups is 1. The summed E-state index contributed by atoms with van der Waals surface area (Å²) in [4.78, 5) is 23.9. The van der Waals surface area contributed by atoms with Gasteiger partial charge in [-0.05, 0) is 19.1 Å². The molecular weight excluding hydrogens is 324 g/mol. The summed E-state index contributed by atoms with van der Waals surface area (Å²) >= 11 is 6.20. The van der Waals surface area contributed by atoms with Crippen molar-refractivity contribution in [2.24, 2.45) is 0 Å². The molecule has 1 aromatic carbocycles. The first-order valence-electron chi connectivity index (χ1n) is 6.48. The first-order chi connectivity index (χ1) is 10.5. The fourth-order valence-electron chi connectivity index (χ4n) is 1.71. The van der Waals surface area contributed by atoms with Crippen LogP contribution in [0.2, 0.25) is 0 Å². The lowest BCUT2D eigenvalue weighted by molar-refractivity contribution is -0.143. The molecule has 2 rings (SSSR count). The van der Waals surface area contributed by atoms with E-state index >= 15 is 0 Å². The number of phenolic OH excluding ortho intramolecular Hbond substituents is 1. The maximum atomic E-state index is 12.3. The average Bonchev–Trinajstić information content (AvgIpc) is 2.74. The van der Waals surface area contributed by atoms with Gasteiger partial charge in [0.15, 0.2) is 4.32 Å². The second-order valence-corrected chi connectivity index (χ2v) is 5.89. The normalized spacial score (nSPS) is 16.4. The minimum absolute atomic E-state index is 0.0762. The second-order valence-electron chi connectivity index (χ2n) is 4.22. The van der Waals surface area contributed by atoms with Gasteiger partial charge in [-0.15, -0.1) is 0 Å². The molecular formula is C14H14N2O4S2. The zero-order valence-corrected chi connectivity index (χ0v) is 13.4. The minimum atomic E-state index is -0.471. The number of esters is 1. The van der Waals surface area contributed by atoms with Gasteiger partial charge >= 0.3 is 5.97 Å². The average molecular weight is 338 g/mol. The van der Waals surface area contributed by atoms with Crippen LogP contribution in [0.4, 0.5) is 0 Å². The molecule has 0 aromatic heterocycles. The number of amides is 1. The standard InChI is InChI=1S/C14H14N2O4S2/c1-2-20-12(18)8-15-16-13(19)11(22-14(16)21)7-9-5-3-4-6-10(9)17/h3-7,15,17H,2,8H2,1H3/b11-7+. The van der Waals surface area contributed by atoms with E-state index in [1.54, 1.807) is 31.2 Å².